The molecule has 1 atom stereocenters. The highest BCUT2D eigenvalue weighted by molar-refractivity contribution is 5.42. The highest BCUT2D eigenvalue weighted by Crippen LogP contribution is 2.25. The highest BCUT2D eigenvalue weighted by atomic mass is 14.6. The van der Waals surface area contributed by atoms with E-state index in [2.05, 4.69) is 63.2 Å². The first kappa shape index (κ1) is 12.8. The Morgan fingerprint density at radius 3 is 2.00 bits per heavy atom. The van der Waals surface area contributed by atoms with Crippen molar-refractivity contribution in [3.8, 4) is 0 Å². The van der Waals surface area contributed by atoms with Crippen LogP contribution >= 0.6 is 0 Å². The van der Waals surface area contributed by atoms with Crippen molar-refractivity contribution in [3.05, 3.63) is 70.3 Å². The number of rotatable bonds is 3. The van der Waals surface area contributed by atoms with Crippen molar-refractivity contribution in [1.82, 2.24) is 0 Å². The Bertz CT molecular complexity index is 506. The largest absolute Gasteiger partial charge is 0.320 e. The second kappa shape index (κ2) is 5.36. The quantitative estimate of drug-likeness (QED) is 0.863. The van der Waals surface area contributed by atoms with E-state index in [1.165, 1.54) is 27.8 Å². The van der Waals surface area contributed by atoms with E-state index in [1.54, 1.807) is 0 Å². The van der Waals surface area contributed by atoms with Gasteiger partial charge in [0.2, 0.25) is 0 Å². The van der Waals surface area contributed by atoms with Gasteiger partial charge < -0.3 is 5.73 Å². The first-order chi connectivity index (χ1) is 8.63. The molecule has 0 saturated heterocycles. The number of nitrogens with two attached hydrogens (primary N) is 1. The molecule has 0 aromatic heterocycles. The van der Waals surface area contributed by atoms with Gasteiger partial charge in [-0.2, -0.15) is 0 Å². The summed E-state index contributed by atoms with van der Waals surface area (Å²) in [6, 6.07) is 14.9. The molecule has 0 saturated carbocycles. The lowest BCUT2D eigenvalue weighted by atomic mass is 9.91. The Balaban J connectivity index is 2.38. The summed E-state index contributed by atoms with van der Waals surface area (Å²) in [4.78, 5) is 0. The van der Waals surface area contributed by atoms with E-state index in [-0.39, 0.29) is 6.04 Å². The summed E-state index contributed by atoms with van der Waals surface area (Å²) in [6.07, 6.45) is 1.07. The zero-order valence-electron chi connectivity index (χ0n) is 11.4. The molecule has 18 heavy (non-hydrogen) atoms. The maximum absolute atomic E-state index is 6.41. The minimum absolute atomic E-state index is 0.0305. The maximum atomic E-state index is 6.41. The van der Waals surface area contributed by atoms with Gasteiger partial charge >= 0.3 is 0 Å². The number of hydrogen-bond donors (Lipinski definition) is 1. The SMILES string of the molecule is CCc1ccc(C(N)c2c(C)cccc2C)cc1. The van der Waals surface area contributed by atoms with Crippen LogP contribution in [0.5, 0.6) is 0 Å². The molecule has 2 rings (SSSR count). The molecule has 0 bridgehead atoms. The van der Waals surface area contributed by atoms with Gasteiger partial charge in [-0.3, -0.25) is 0 Å². The summed E-state index contributed by atoms with van der Waals surface area (Å²) < 4.78 is 0. The van der Waals surface area contributed by atoms with Gasteiger partial charge in [-0.1, -0.05) is 49.4 Å². The van der Waals surface area contributed by atoms with Crippen molar-refractivity contribution in [2.24, 2.45) is 5.73 Å². The van der Waals surface area contributed by atoms with Crippen LogP contribution in [0.25, 0.3) is 0 Å². The minimum Gasteiger partial charge on any atom is -0.320 e. The zero-order chi connectivity index (χ0) is 13.1. The summed E-state index contributed by atoms with van der Waals surface area (Å²) in [5.41, 5.74) is 12.7. The Labute approximate surface area is 110 Å². The fraction of sp³-hybridized carbons (Fsp3) is 0.294. The smallest absolute Gasteiger partial charge is 0.0556 e. The van der Waals surface area contributed by atoms with Crippen molar-refractivity contribution >= 4 is 0 Å². The van der Waals surface area contributed by atoms with Gasteiger partial charge in [0, 0.05) is 0 Å². The van der Waals surface area contributed by atoms with Crippen molar-refractivity contribution < 1.29 is 0 Å². The highest BCUT2D eigenvalue weighted by Gasteiger charge is 2.13. The van der Waals surface area contributed by atoms with Crippen LogP contribution in [0, 0.1) is 13.8 Å². The lowest BCUT2D eigenvalue weighted by molar-refractivity contribution is 0.850. The summed E-state index contributed by atoms with van der Waals surface area (Å²) >= 11 is 0. The molecule has 2 aromatic rings. The maximum Gasteiger partial charge on any atom is 0.0556 e. The van der Waals surface area contributed by atoms with E-state index >= 15 is 0 Å². The van der Waals surface area contributed by atoms with Crippen molar-refractivity contribution in [3.63, 3.8) is 0 Å². The van der Waals surface area contributed by atoms with E-state index < -0.39 is 0 Å². The van der Waals surface area contributed by atoms with Crippen molar-refractivity contribution in [2.75, 3.05) is 0 Å². The fourth-order valence-corrected chi connectivity index (χ4v) is 2.45. The van der Waals surface area contributed by atoms with Crippen molar-refractivity contribution in [1.29, 1.82) is 0 Å². The molecule has 0 heterocycles. The van der Waals surface area contributed by atoms with Crippen molar-refractivity contribution in [2.45, 2.75) is 33.2 Å². The van der Waals surface area contributed by atoms with Crippen LogP contribution in [0.3, 0.4) is 0 Å². The normalized spacial score (nSPS) is 12.4. The van der Waals surface area contributed by atoms with Crippen LogP contribution in [-0.2, 0) is 6.42 Å². The molecule has 94 valence electrons. The molecule has 0 aliphatic rings. The van der Waals surface area contributed by atoms with Gasteiger partial charge in [-0.15, -0.1) is 0 Å². The minimum atomic E-state index is -0.0305. The Kier molecular flexibility index (Phi) is 3.83. The molecule has 1 unspecified atom stereocenters. The molecular formula is C17H21N. The molecular weight excluding hydrogens is 218 g/mol. The van der Waals surface area contributed by atoms with Crippen LogP contribution in [-0.4, -0.2) is 0 Å². The van der Waals surface area contributed by atoms with Gasteiger partial charge in [0.15, 0.2) is 0 Å². The molecule has 1 heteroatoms. The summed E-state index contributed by atoms with van der Waals surface area (Å²) in [5.74, 6) is 0. The number of benzene rings is 2. The predicted octanol–water partition coefficient (Wildman–Crippen LogP) is 3.91. The molecule has 0 aliphatic carbocycles. The van der Waals surface area contributed by atoms with Crippen LogP contribution in [0.4, 0.5) is 0 Å². The van der Waals surface area contributed by atoms with E-state index in [1.807, 2.05) is 0 Å². The summed E-state index contributed by atoms with van der Waals surface area (Å²) in [7, 11) is 0. The average Bonchev–Trinajstić information content (AvgIpc) is 2.38. The second-order valence-corrected chi connectivity index (χ2v) is 4.88. The van der Waals surface area contributed by atoms with E-state index in [0.717, 1.165) is 6.42 Å². The number of aryl methyl sites for hydroxylation is 3. The summed E-state index contributed by atoms with van der Waals surface area (Å²) in [6.45, 7) is 6.42. The van der Waals surface area contributed by atoms with Crippen LogP contribution in [0.2, 0.25) is 0 Å². The molecule has 2 aromatic carbocycles. The number of hydrogen-bond acceptors (Lipinski definition) is 1. The molecule has 0 radical (unpaired) electrons. The van der Waals surface area contributed by atoms with Gasteiger partial charge in [0.25, 0.3) is 0 Å². The molecule has 2 N–H and O–H groups in total. The third kappa shape index (κ3) is 2.46. The summed E-state index contributed by atoms with van der Waals surface area (Å²) in [5, 5.41) is 0. The van der Waals surface area contributed by atoms with Crippen LogP contribution < -0.4 is 5.73 Å². The van der Waals surface area contributed by atoms with E-state index in [0.29, 0.717) is 0 Å². The van der Waals surface area contributed by atoms with E-state index in [4.69, 9.17) is 5.73 Å². The molecule has 0 fully saturated rings. The third-order valence-corrected chi connectivity index (χ3v) is 3.60. The van der Waals surface area contributed by atoms with Crippen LogP contribution in [0.1, 0.15) is 40.8 Å². The Hall–Kier alpha value is -1.60. The monoisotopic (exact) mass is 239 g/mol. The predicted molar refractivity (Wildman–Crippen MR) is 77.8 cm³/mol. The van der Waals surface area contributed by atoms with E-state index in [9.17, 15) is 0 Å². The zero-order valence-corrected chi connectivity index (χ0v) is 11.4. The Morgan fingerprint density at radius 2 is 1.50 bits per heavy atom. The lowest BCUT2D eigenvalue weighted by Crippen LogP contribution is -2.14. The van der Waals surface area contributed by atoms with Gasteiger partial charge in [0.1, 0.15) is 0 Å². The first-order valence-electron chi connectivity index (χ1n) is 6.54. The van der Waals surface area contributed by atoms with Gasteiger partial charge in [0.05, 0.1) is 6.04 Å². The topological polar surface area (TPSA) is 26.0 Å². The molecule has 0 aliphatic heterocycles. The molecule has 0 spiro atoms. The van der Waals surface area contributed by atoms with Crippen LogP contribution in [0.15, 0.2) is 42.5 Å². The van der Waals surface area contributed by atoms with Gasteiger partial charge in [-0.25, -0.2) is 0 Å². The van der Waals surface area contributed by atoms with Gasteiger partial charge in [-0.05, 0) is 48.1 Å². The second-order valence-electron chi connectivity index (χ2n) is 4.88. The lowest BCUT2D eigenvalue weighted by Gasteiger charge is -2.18. The fourth-order valence-electron chi connectivity index (χ4n) is 2.45. The molecule has 0 amide bonds. The average molecular weight is 239 g/mol. The molecule has 1 nitrogen and oxygen atoms in total. The standard InChI is InChI=1S/C17H21N/c1-4-14-8-10-15(11-9-14)17(18)16-12(2)6-5-7-13(16)3/h5-11,17H,4,18H2,1-3H3. The third-order valence-electron chi connectivity index (χ3n) is 3.60. The Morgan fingerprint density at radius 1 is 0.944 bits per heavy atom. The first-order valence-corrected chi connectivity index (χ1v) is 6.54.